The molecule has 1 aromatic carbocycles. The largest absolute Gasteiger partial charge is 0.385 e. The Morgan fingerprint density at radius 2 is 2.06 bits per heavy atom. The number of rotatable bonds is 6. The van der Waals surface area contributed by atoms with Gasteiger partial charge in [-0.25, -0.2) is 0 Å². The van der Waals surface area contributed by atoms with E-state index in [-0.39, 0.29) is 6.04 Å². The predicted octanol–water partition coefficient (Wildman–Crippen LogP) is 2.48. The van der Waals surface area contributed by atoms with Crippen LogP contribution in [0, 0.1) is 19.8 Å². The molecule has 0 saturated heterocycles. The molecule has 3 nitrogen and oxygen atoms in total. The van der Waals surface area contributed by atoms with Crippen molar-refractivity contribution in [3.8, 4) is 0 Å². The van der Waals surface area contributed by atoms with Crippen LogP contribution in [-0.4, -0.2) is 13.7 Å². The molecular weight excluding hydrogens is 212 g/mol. The van der Waals surface area contributed by atoms with Gasteiger partial charge in [-0.15, -0.1) is 0 Å². The average molecular weight is 236 g/mol. The summed E-state index contributed by atoms with van der Waals surface area (Å²) in [5, 5.41) is 0. The Balaban J connectivity index is 2.88. The number of benzene rings is 1. The molecule has 0 fully saturated rings. The number of nitrogens with two attached hydrogens (primary N) is 1. The van der Waals surface area contributed by atoms with Crippen molar-refractivity contribution in [3.05, 3.63) is 34.9 Å². The molecule has 96 valence electrons. The molecule has 0 bridgehead atoms. The minimum absolute atomic E-state index is 0.185. The fraction of sp³-hybridized carbons (Fsp3) is 0.571. The molecule has 0 spiro atoms. The lowest BCUT2D eigenvalue weighted by molar-refractivity contribution is 0.170. The summed E-state index contributed by atoms with van der Waals surface area (Å²) < 4.78 is 5.13. The molecular formula is C14H24N2O. The van der Waals surface area contributed by atoms with Crippen molar-refractivity contribution >= 4 is 0 Å². The first-order valence-electron chi connectivity index (χ1n) is 6.12. The Labute approximate surface area is 104 Å². The van der Waals surface area contributed by atoms with Crippen LogP contribution in [0.3, 0.4) is 0 Å². The Kier molecular flexibility index (Phi) is 5.62. The first kappa shape index (κ1) is 14.2. The van der Waals surface area contributed by atoms with E-state index in [2.05, 4.69) is 44.4 Å². The van der Waals surface area contributed by atoms with E-state index < -0.39 is 0 Å². The maximum absolute atomic E-state index is 5.71. The van der Waals surface area contributed by atoms with Gasteiger partial charge in [0.2, 0.25) is 0 Å². The van der Waals surface area contributed by atoms with Crippen molar-refractivity contribution in [1.82, 2.24) is 5.43 Å². The number of methoxy groups -OCH3 is 1. The van der Waals surface area contributed by atoms with Gasteiger partial charge in [0.25, 0.3) is 0 Å². The highest BCUT2D eigenvalue weighted by Gasteiger charge is 2.19. The average Bonchev–Trinajstić information content (AvgIpc) is 2.32. The summed E-state index contributed by atoms with van der Waals surface area (Å²) in [6.07, 6.45) is 0.999. The molecule has 1 rings (SSSR count). The molecule has 3 N–H and O–H groups in total. The number of hydrazine groups is 1. The Morgan fingerprint density at radius 3 is 2.65 bits per heavy atom. The lowest BCUT2D eigenvalue weighted by atomic mass is 9.89. The van der Waals surface area contributed by atoms with Crippen LogP contribution in [0.15, 0.2) is 18.2 Å². The summed E-state index contributed by atoms with van der Waals surface area (Å²) in [4.78, 5) is 0. The summed E-state index contributed by atoms with van der Waals surface area (Å²) in [5.74, 6) is 6.15. The van der Waals surface area contributed by atoms with Gasteiger partial charge in [0.05, 0.1) is 0 Å². The lowest BCUT2D eigenvalue weighted by Gasteiger charge is -2.25. The van der Waals surface area contributed by atoms with E-state index in [1.54, 1.807) is 7.11 Å². The lowest BCUT2D eigenvalue weighted by Crippen LogP contribution is -2.33. The predicted molar refractivity (Wildman–Crippen MR) is 71.6 cm³/mol. The molecule has 0 aromatic heterocycles. The first-order valence-corrected chi connectivity index (χ1v) is 6.12. The number of ether oxygens (including phenoxy) is 1. The van der Waals surface area contributed by atoms with Crippen LogP contribution in [0.5, 0.6) is 0 Å². The highest BCUT2D eigenvalue weighted by molar-refractivity contribution is 5.33. The maximum atomic E-state index is 5.71. The van der Waals surface area contributed by atoms with E-state index in [9.17, 15) is 0 Å². The second-order valence-electron chi connectivity index (χ2n) is 4.76. The van der Waals surface area contributed by atoms with Crippen molar-refractivity contribution in [3.63, 3.8) is 0 Å². The monoisotopic (exact) mass is 236 g/mol. The zero-order valence-electron chi connectivity index (χ0n) is 11.3. The van der Waals surface area contributed by atoms with E-state index in [0.717, 1.165) is 13.0 Å². The fourth-order valence-corrected chi connectivity index (χ4v) is 2.13. The van der Waals surface area contributed by atoms with Crippen LogP contribution in [0.1, 0.15) is 36.1 Å². The third kappa shape index (κ3) is 3.80. The molecule has 0 saturated carbocycles. The van der Waals surface area contributed by atoms with Gasteiger partial charge in [0.1, 0.15) is 0 Å². The van der Waals surface area contributed by atoms with E-state index in [1.165, 1.54) is 16.7 Å². The molecule has 2 atom stereocenters. The fourth-order valence-electron chi connectivity index (χ4n) is 2.13. The highest BCUT2D eigenvalue weighted by Crippen LogP contribution is 2.27. The molecule has 0 radical (unpaired) electrons. The Hall–Kier alpha value is -0.900. The molecule has 0 amide bonds. The van der Waals surface area contributed by atoms with Gasteiger partial charge in [-0.2, -0.15) is 0 Å². The zero-order chi connectivity index (χ0) is 12.8. The van der Waals surface area contributed by atoms with Crippen molar-refractivity contribution < 1.29 is 4.74 Å². The van der Waals surface area contributed by atoms with Gasteiger partial charge in [0.15, 0.2) is 0 Å². The number of hydrogen-bond acceptors (Lipinski definition) is 3. The molecule has 1 aromatic rings. The van der Waals surface area contributed by atoms with Crippen LogP contribution in [0.25, 0.3) is 0 Å². The van der Waals surface area contributed by atoms with Crippen LogP contribution in [0.2, 0.25) is 0 Å². The molecule has 17 heavy (non-hydrogen) atoms. The second-order valence-corrected chi connectivity index (χ2v) is 4.76. The second kappa shape index (κ2) is 6.74. The van der Waals surface area contributed by atoms with E-state index in [1.807, 2.05) is 0 Å². The molecule has 2 unspecified atom stereocenters. The quantitative estimate of drug-likeness (QED) is 0.589. The van der Waals surface area contributed by atoms with Gasteiger partial charge in [-0.1, -0.05) is 30.7 Å². The number of aryl methyl sites for hydroxylation is 2. The summed E-state index contributed by atoms with van der Waals surface area (Å²) >= 11 is 0. The van der Waals surface area contributed by atoms with E-state index in [0.29, 0.717) is 5.92 Å². The summed E-state index contributed by atoms with van der Waals surface area (Å²) in [6.45, 7) is 7.20. The summed E-state index contributed by atoms with van der Waals surface area (Å²) in [6, 6.07) is 6.68. The van der Waals surface area contributed by atoms with Gasteiger partial charge in [-0.05, 0) is 37.3 Å². The number of nitrogens with one attached hydrogen (secondary N) is 1. The van der Waals surface area contributed by atoms with Crippen LogP contribution in [-0.2, 0) is 4.74 Å². The van der Waals surface area contributed by atoms with Gasteiger partial charge in [0, 0.05) is 19.8 Å². The standard InChI is InChI=1S/C14H24N2O/c1-10-5-6-11(2)13(9-10)14(16-15)12(3)7-8-17-4/h5-6,9,12,14,16H,7-8,15H2,1-4H3. The molecule has 0 heterocycles. The minimum atomic E-state index is 0.185. The van der Waals surface area contributed by atoms with Crippen molar-refractivity contribution in [2.24, 2.45) is 11.8 Å². The van der Waals surface area contributed by atoms with Crippen LogP contribution < -0.4 is 11.3 Å². The summed E-state index contributed by atoms with van der Waals surface area (Å²) in [5.41, 5.74) is 6.78. The van der Waals surface area contributed by atoms with Gasteiger partial charge >= 0.3 is 0 Å². The topological polar surface area (TPSA) is 47.3 Å². The number of hydrogen-bond donors (Lipinski definition) is 2. The SMILES string of the molecule is COCCC(C)C(NN)c1cc(C)ccc1C. The Bertz CT molecular complexity index is 352. The van der Waals surface area contributed by atoms with Crippen molar-refractivity contribution in [1.29, 1.82) is 0 Å². The van der Waals surface area contributed by atoms with Gasteiger partial charge < -0.3 is 4.74 Å². The Morgan fingerprint density at radius 1 is 1.35 bits per heavy atom. The first-order chi connectivity index (χ1) is 8.10. The summed E-state index contributed by atoms with van der Waals surface area (Å²) in [7, 11) is 1.73. The van der Waals surface area contributed by atoms with E-state index >= 15 is 0 Å². The molecule has 0 aliphatic rings. The van der Waals surface area contributed by atoms with Crippen molar-refractivity contribution in [2.45, 2.75) is 33.2 Å². The maximum Gasteiger partial charge on any atom is 0.0489 e. The minimum Gasteiger partial charge on any atom is -0.385 e. The highest BCUT2D eigenvalue weighted by atomic mass is 16.5. The van der Waals surface area contributed by atoms with Gasteiger partial charge in [-0.3, -0.25) is 11.3 Å². The van der Waals surface area contributed by atoms with Crippen molar-refractivity contribution in [2.75, 3.05) is 13.7 Å². The molecule has 0 aliphatic heterocycles. The van der Waals surface area contributed by atoms with Crippen LogP contribution >= 0.6 is 0 Å². The third-order valence-corrected chi connectivity index (χ3v) is 3.30. The smallest absolute Gasteiger partial charge is 0.0489 e. The van der Waals surface area contributed by atoms with Crippen LogP contribution in [0.4, 0.5) is 0 Å². The normalized spacial score (nSPS) is 14.6. The third-order valence-electron chi connectivity index (χ3n) is 3.30. The zero-order valence-corrected chi connectivity index (χ0v) is 11.3. The van der Waals surface area contributed by atoms with E-state index in [4.69, 9.17) is 10.6 Å². The molecule has 3 heteroatoms. The molecule has 0 aliphatic carbocycles.